The molecule has 5 heteroatoms. The van der Waals surface area contributed by atoms with E-state index in [9.17, 15) is 4.79 Å². The molecule has 0 spiro atoms. The van der Waals surface area contributed by atoms with Gasteiger partial charge in [-0.05, 0) is 18.2 Å². The van der Waals surface area contributed by atoms with Crippen LogP contribution in [0.1, 0.15) is 15.2 Å². The van der Waals surface area contributed by atoms with Crippen molar-refractivity contribution in [2.24, 2.45) is 0 Å². The van der Waals surface area contributed by atoms with Crippen LogP contribution < -0.4 is 9.64 Å². The molecule has 0 aliphatic heterocycles. The van der Waals surface area contributed by atoms with Crippen LogP contribution in [0.2, 0.25) is 0 Å². The quantitative estimate of drug-likeness (QED) is 0.886. The van der Waals surface area contributed by atoms with Gasteiger partial charge in [0.1, 0.15) is 12.4 Å². The van der Waals surface area contributed by atoms with Crippen molar-refractivity contribution in [3.8, 4) is 17.6 Å². The van der Waals surface area contributed by atoms with Crippen LogP contribution in [0, 0.1) is 11.8 Å². The summed E-state index contributed by atoms with van der Waals surface area (Å²) in [6.45, 7) is -0.190. The number of carbonyl (C=O) groups excluding carboxylic acids is 1. The zero-order valence-electron chi connectivity index (χ0n) is 11.8. The number of aliphatic hydroxyl groups is 1. The molecule has 2 aromatic rings. The maximum Gasteiger partial charge on any atom is 0.258 e. The van der Waals surface area contributed by atoms with E-state index >= 15 is 0 Å². The van der Waals surface area contributed by atoms with Crippen LogP contribution in [-0.2, 0) is 0 Å². The summed E-state index contributed by atoms with van der Waals surface area (Å²) in [5.74, 6) is 5.95. The summed E-state index contributed by atoms with van der Waals surface area (Å²) in [5.41, 5.74) is 1.33. The lowest BCUT2D eigenvalue weighted by atomic mass is 10.2. The predicted octanol–water partition coefficient (Wildman–Crippen LogP) is 2.38. The van der Waals surface area contributed by atoms with E-state index in [1.165, 1.54) is 11.3 Å². The normalized spacial score (nSPS) is 9.67. The molecule has 1 N–H and O–H groups in total. The molecule has 2 rings (SSSR count). The van der Waals surface area contributed by atoms with E-state index < -0.39 is 0 Å². The summed E-state index contributed by atoms with van der Waals surface area (Å²) in [5, 5.41) is 10.4. The zero-order valence-corrected chi connectivity index (χ0v) is 12.6. The molecule has 0 saturated carbocycles. The first-order chi connectivity index (χ1) is 10.2. The highest BCUT2D eigenvalue weighted by molar-refractivity contribution is 7.10. The van der Waals surface area contributed by atoms with Gasteiger partial charge in [-0.1, -0.05) is 17.9 Å². The summed E-state index contributed by atoms with van der Waals surface area (Å²) in [7, 11) is 3.31. The van der Waals surface area contributed by atoms with Gasteiger partial charge in [0.05, 0.1) is 17.6 Å². The van der Waals surface area contributed by atoms with Crippen molar-refractivity contribution in [3.05, 3.63) is 46.2 Å². The number of nitrogens with zero attached hydrogens (tertiary/aromatic N) is 1. The average Bonchev–Trinajstić information content (AvgIpc) is 3.00. The fourth-order valence-electron chi connectivity index (χ4n) is 1.77. The number of methoxy groups -OCH3 is 1. The first-order valence-electron chi connectivity index (χ1n) is 6.26. The summed E-state index contributed by atoms with van der Waals surface area (Å²) < 4.78 is 5.16. The summed E-state index contributed by atoms with van der Waals surface area (Å²) in [6.07, 6.45) is 0. The molecule has 21 heavy (non-hydrogen) atoms. The van der Waals surface area contributed by atoms with E-state index in [0.717, 1.165) is 10.6 Å². The van der Waals surface area contributed by atoms with Crippen LogP contribution >= 0.6 is 11.3 Å². The lowest BCUT2D eigenvalue weighted by molar-refractivity contribution is 0.0993. The number of amides is 1. The SMILES string of the molecule is COc1cccc(N(C)C(=O)c2csc(C#CCO)c2)c1. The number of ether oxygens (including phenoxy) is 1. The van der Waals surface area contributed by atoms with Crippen molar-refractivity contribution >= 4 is 22.9 Å². The Labute approximate surface area is 127 Å². The monoisotopic (exact) mass is 301 g/mol. The molecule has 0 aliphatic rings. The minimum atomic E-state index is -0.190. The van der Waals surface area contributed by atoms with Crippen molar-refractivity contribution in [2.75, 3.05) is 25.7 Å². The molecule has 0 saturated heterocycles. The lowest BCUT2D eigenvalue weighted by Gasteiger charge is -2.17. The van der Waals surface area contributed by atoms with Crippen LogP contribution in [0.25, 0.3) is 0 Å². The smallest absolute Gasteiger partial charge is 0.258 e. The van der Waals surface area contributed by atoms with Gasteiger partial charge in [0.25, 0.3) is 5.91 Å². The number of carbonyl (C=O) groups is 1. The third-order valence-corrected chi connectivity index (χ3v) is 3.73. The van der Waals surface area contributed by atoms with Crippen LogP contribution in [0.15, 0.2) is 35.7 Å². The van der Waals surface area contributed by atoms with Gasteiger partial charge < -0.3 is 14.7 Å². The molecule has 0 fully saturated rings. The molecule has 0 bridgehead atoms. The third kappa shape index (κ3) is 3.63. The minimum absolute atomic E-state index is 0.114. The van der Waals surface area contributed by atoms with Gasteiger partial charge in [-0.15, -0.1) is 11.3 Å². The van der Waals surface area contributed by atoms with E-state index in [-0.39, 0.29) is 12.5 Å². The first kappa shape index (κ1) is 15.1. The fourth-order valence-corrected chi connectivity index (χ4v) is 2.52. The second kappa shape index (κ2) is 6.93. The Morgan fingerprint density at radius 1 is 1.43 bits per heavy atom. The Morgan fingerprint density at radius 3 is 2.95 bits per heavy atom. The molecule has 0 radical (unpaired) electrons. The summed E-state index contributed by atoms with van der Waals surface area (Å²) in [4.78, 5) is 14.7. The van der Waals surface area contributed by atoms with E-state index in [1.54, 1.807) is 36.6 Å². The van der Waals surface area contributed by atoms with Crippen LogP contribution in [0.3, 0.4) is 0 Å². The molecule has 4 nitrogen and oxygen atoms in total. The molecule has 0 aliphatic carbocycles. The second-order valence-electron chi connectivity index (χ2n) is 4.23. The van der Waals surface area contributed by atoms with Crippen molar-refractivity contribution < 1.29 is 14.6 Å². The molecule has 1 aromatic heterocycles. The number of hydrogen-bond donors (Lipinski definition) is 1. The zero-order chi connectivity index (χ0) is 15.2. The molecule has 108 valence electrons. The largest absolute Gasteiger partial charge is 0.497 e. The van der Waals surface area contributed by atoms with Crippen molar-refractivity contribution in [1.29, 1.82) is 0 Å². The van der Waals surface area contributed by atoms with Crippen LogP contribution in [0.5, 0.6) is 5.75 Å². The Hall–Kier alpha value is -2.29. The minimum Gasteiger partial charge on any atom is -0.497 e. The first-order valence-corrected chi connectivity index (χ1v) is 7.14. The standard InChI is InChI=1S/C16H15NO3S/c1-17(13-5-3-6-14(10-13)20-2)16(19)12-9-15(21-11-12)7-4-8-18/h3,5-6,9-11,18H,8H2,1-2H3. The van der Waals surface area contributed by atoms with Gasteiger partial charge in [0, 0.05) is 24.2 Å². The number of benzene rings is 1. The fraction of sp³-hybridized carbons (Fsp3) is 0.188. The second-order valence-corrected chi connectivity index (χ2v) is 5.14. The average molecular weight is 301 g/mol. The van der Waals surface area contributed by atoms with Gasteiger partial charge in [0.2, 0.25) is 0 Å². The maximum atomic E-state index is 12.4. The van der Waals surface area contributed by atoms with Crippen molar-refractivity contribution in [1.82, 2.24) is 0 Å². The van der Waals surface area contributed by atoms with Crippen LogP contribution in [-0.4, -0.2) is 31.8 Å². The molecule has 0 unspecified atom stereocenters. The number of hydrogen-bond acceptors (Lipinski definition) is 4. The highest BCUT2D eigenvalue weighted by atomic mass is 32.1. The summed E-state index contributed by atoms with van der Waals surface area (Å²) in [6, 6.07) is 9.04. The van der Waals surface area contributed by atoms with Gasteiger partial charge in [-0.25, -0.2) is 0 Å². The van der Waals surface area contributed by atoms with Crippen LogP contribution in [0.4, 0.5) is 5.69 Å². The third-order valence-electron chi connectivity index (χ3n) is 2.88. The Balaban J connectivity index is 2.20. The summed E-state index contributed by atoms with van der Waals surface area (Å²) >= 11 is 1.38. The number of anilines is 1. The predicted molar refractivity (Wildman–Crippen MR) is 84.0 cm³/mol. The molecule has 0 atom stereocenters. The van der Waals surface area contributed by atoms with Crippen molar-refractivity contribution in [2.45, 2.75) is 0 Å². The Bertz CT molecular complexity index is 697. The number of thiophene rings is 1. The maximum absolute atomic E-state index is 12.4. The Morgan fingerprint density at radius 2 is 2.24 bits per heavy atom. The lowest BCUT2D eigenvalue weighted by Crippen LogP contribution is -2.25. The van der Waals surface area contributed by atoms with Gasteiger partial charge in [-0.2, -0.15) is 0 Å². The molecular weight excluding hydrogens is 286 g/mol. The van der Waals surface area contributed by atoms with E-state index in [0.29, 0.717) is 11.3 Å². The Kier molecular flexibility index (Phi) is 4.99. The van der Waals surface area contributed by atoms with E-state index in [1.807, 2.05) is 18.2 Å². The topological polar surface area (TPSA) is 49.8 Å². The highest BCUT2D eigenvalue weighted by Gasteiger charge is 2.15. The van der Waals surface area contributed by atoms with Gasteiger partial charge in [0.15, 0.2) is 0 Å². The number of aliphatic hydroxyl groups excluding tert-OH is 1. The molecule has 1 aromatic carbocycles. The highest BCUT2D eigenvalue weighted by Crippen LogP contribution is 2.23. The van der Waals surface area contributed by atoms with Gasteiger partial charge >= 0.3 is 0 Å². The molecule has 1 heterocycles. The van der Waals surface area contributed by atoms with Crippen molar-refractivity contribution in [3.63, 3.8) is 0 Å². The number of rotatable bonds is 3. The van der Waals surface area contributed by atoms with Gasteiger partial charge in [-0.3, -0.25) is 4.79 Å². The van der Waals surface area contributed by atoms with E-state index in [4.69, 9.17) is 9.84 Å². The molecule has 1 amide bonds. The van der Waals surface area contributed by atoms with E-state index in [2.05, 4.69) is 11.8 Å². The molecular formula is C16H15NO3S.